The molecule has 1 aliphatic rings. The van der Waals surface area contributed by atoms with E-state index in [0.717, 1.165) is 19.6 Å². The zero-order valence-corrected chi connectivity index (χ0v) is 10.8. The Balaban J connectivity index is 2.06. The number of aromatic nitrogens is 2. The lowest BCUT2D eigenvalue weighted by Crippen LogP contribution is -2.26. The summed E-state index contributed by atoms with van der Waals surface area (Å²) in [5.74, 6) is 1.75. The molecule has 2 N–H and O–H groups in total. The fraction of sp³-hybridized carbons (Fsp3) is 0.636. The number of hydrogen-bond acceptors (Lipinski definition) is 5. The van der Waals surface area contributed by atoms with Crippen LogP contribution in [0.4, 0.5) is 11.8 Å². The van der Waals surface area contributed by atoms with Crippen molar-refractivity contribution in [3.63, 3.8) is 0 Å². The van der Waals surface area contributed by atoms with Gasteiger partial charge in [-0.05, 0) is 13.3 Å². The van der Waals surface area contributed by atoms with Gasteiger partial charge in [-0.15, -0.1) is 0 Å². The van der Waals surface area contributed by atoms with Gasteiger partial charge < -0.3 is 15.4 Å². The van der Waals surface area contributed by atoms with Crippen LogP contribution in [0.2, 0.25) is 5.02 Å². The fourth-order valence-corrected chi connectivity index (χ4v) is 2.01. The molecule has 2 atom stereocenters. The molecular formula is C11H17ClN4O. The van der Waals surface area contributed by atoms with Crippen molar-refractivity contribution in [1.29, 1.82) is 0 Å². The predicted octanol–water partition coefficient (Wildman–Crippen LogP) is 2.01. The van der Waals surface area contributed by atoms with Crippen molar-refractivity contribution < 1.29 is 4.74 Å². The molecule has 1 aromatic rings. The summed E-state index contributed by atoms with van der Waals surface area (Å²) in [5, 5.41) is 6.75. The SMILES string of the molecule is CNc1ncc(Cl)c(NC(C)C2CCOC2)n1. The van der Waals surface area contributed by atoms with E-state index in [1.54, 1.807) is 13.2 Å². The third-order valence-electron chi connectivity index (χ3n) is 3.00. The van der Waals surface area contributed by atoms with E-state index in [1.807, 2.05) is 0 Å². The molecule has 0 spiro atoms. The molecule has 6 heteroatoms. The average Bonchev–Trinajstić information content (AvgIpc) is 2.85. The van der Waals surface area contributed by atoms with Crippen molar-refractivity contribution in [2.75, 3.05) is 30.9 Å². The van der Waals surface area contributed by atoms with Crippen LogP contribution in [0.25, 0.3) is 0 Å². The summed E-state index contributed by atoms with van der Waals surface area (Å²) in [5.41, 5.74) is 0. The number of hydrogen-bond donors (Lipinski definition) is 2. The maximum absolute atomic E-state index is 6.06. The molecular weight excluding hydrogens is 240 g/mol. The van der Waals surface area contributed by atoms with E-state index in [4.69, 9.17) is 16.3 Å². The Kier molecular flexibility index (Phi) is 4.02. The summed E-state index contributed by atoms with van der Waals surface area (Å²) >= 11 is 6.06. The second-order valence-electron chi connectivity index (χ2n) is 4.20. The number of anilines is 2. The number of nitrogens with zero attached hydrogens (tertiary/aromatic N) is 2. The standard InChI is InChI=1S/C11H17ClN4O/c1-7(8-3-4-17-6-8)15-10-9(12)5-14-11(13-2)16-10/h5,7-8H,3-4,6H2,1-2H3,(H2,13,14,15,16). The summed E-state index contributed by atoms with van der Waals surface area (Å²) in [6.45, 7) is 3.77. The van der Waals surface area contributed by atoms with Crippen molar-refractivity contribution in [2.24, 2.45) is 5.92 Å². The molecule has 2 unspecified atom stereocenters. The van der Waals surface area contributed by atoms with Crippen LogP contribution in [-0.4, -0.2) is 36.3 Å². The highest BCUT2D eigenvalue weighted by Crippen LogP contribution is 2.24. The average molecular weight is 257 g/mol. The lowest BCUT2D eigenvalue weighted by molar-refractivity contribution is 0.183. The fourth-order valence-electron chi connectivity index (χ4n) is 1.87. The Morgan fingerprint density at radius 3 is 3.06 bits per heavy atom. The summed E-state index contributed by atoms with van der Waals surface area (Å²) < 4.78 is 5.37. The van der Waals surface area contributed by atoms with Gasteiger partial charge in [-0.2, -0.15) is 4.98 Å². The molecule has 0 bridgehead atoms. The highest BCUT2D eigenvalue weighted by atomic mass is 35.5. The largest absolute Gasteiger partial charge is 0.381 e. The van der Waals surface area contributed by atoms with Gasteiger partial charge in [-0.1, -0.05) is 11.6 Å². The van der Waals surface area contributed by atoms with Crippen LogP contribution >= 0.6 is 11.6 Å². The van der Waals surface area contributed by atoms with Gasteiger partial charge in [0.05, 0.1) is 12.8 Å². The van der Waals surface area contributed by atoms with Crippen molar-refractivity contribution >= 4 is 23.4 Å². The minimum atomic E-state index is 0.287. The second kappa shape index (κ2) is 5.51. The minimum Gasteiger partial charge on any atom is -0.381 e. The Labute approximate surface area is 106 Å². The molecule has 0 saturated carbocycles. The molecule has 1 fully saturated rings. The smallest absolute Gasteiger partial charge is 0.224 e. The summed E-state index contributed by atoms with van der Waals surface area (Å²) in [6, 6.07) is 0.287. The van der Waals surface area contributed by atoms with Crippen LogP contribution < -0.4 is 10.6 Å². The van der Waals surface area contributed by atoms with Crippen LogP contribution in [0.3, 0.4) is 0 Å². The molecule has 0 aliphatic carbocycles. The van der Waals surface area contributed by atoms with E-state index in [0.29, 0.717) is 22.7 Å². The van der Waals surface area contributed by atoms with Crippen molar-refractivity contribution in [2.45, 2.75) is 19.4 Å². The van der Waals surface area contributed by atoms with Gasteiger partial charge in [-0.3, -0.25) is 0 Å². The first-order valence-corrected chi connectivity index (χ1v) is 6.13. The van der Waals surface area contributed by atoms with Crippen molar-refractivity contribution in [3.8, 4) is 0 Å². The molecule has 17 heavy (non-hydrogen) atoms. The van der Waals surface area contributed by atoms with Gasteiger partial charge in [0.25, 0.3) is 0 Å². The van der Waals surface area contributed by atoms with E-state index in [2.05, 4.69) is 27.5 Å². The van der Waals surface area contributed by atoms with Crippen LogP contribution in [0.5, 0.6) is 0 Å². The van der Waals surface area contributed by atoms with E-state index in [9.17, 15) is 0 Å². The normalized spacial score (nSPS) is 21.2. The maximum atomic E-state index is 6.06. The first kappa shape index (κ1) is 12.4. The first-order chi connectivity index (χ1) is 8.20. The molecule has 1 aliphatic heterocycles. The predicted molar refractivity (Wildman–Crippen MR) is 68.6 cm³/mol. The van der Waals surface area contributed by atoms with E-state index in [1.165, 1.54) is 0 Å². The van der Waals surface area contributed by atoms with Crippen molar-refractivity contribution in [3.05, 3.63) is 11.2 Å². The Morgan fingerprint density at radius 2 is 2.41 bits per heavy atom. The van der Waals surface area contributed by atoms with E-state index in [-0.39, 0.29) is 6.04 Å². The topological polar surface area (TPSA) is 59.1 Å². The van der Waals surface area contributed by atoms with Crippen LogP contribution in [0, 0.1) is 5.92 Å². The molecule has 1 aromatic heterocycles. The Morgan fingerprint density at radius 1 is 1.59 bits per heavy atom. The molecule has 2 heterocycles. The van der Waals surface area contributed by atoms with Gasteiger partial charge in [-0.25, -0.2) is 4.98 Å². The molecule has 94 valence electrons. The summed E-state index contributed by atoms with van der Waals surface area (Å²) in [4.78, 5) is 8.34. The molecule has 0 aromatic carbocycles. The van der Waals surface area contributed by atoms with Gasteiger partial charge in [0.1, 0.15) is 5.02 Å². The quantitative estimate of drug-likeness (QED) is 0.863. The highest BCUT2D eigenvalue weighted by molar-refractivity contribution is 6.32. The summed E-state index contributed by atoms with van der Waals surface area (Å²) in [7, 11) is 1.78. The van der Waals surface area contributed by atoms with Crippen molar-refractivity contribution in [1.82, 2.24) is 9.97 Å². The Bertz CT molecular complexity index is 382. The van der Waals surface area contributed by atoms with E-state index < -0.39 is 0 Å². The second-order valence-corrected chi connectivity index (χ2v) is 4.60. The van der Waals surface area contributed by atoms with Crippen LogP contribution in [0.15, 0.2) is 6.20 Å². The number of ether oxygens (including phenoxy) is 1. The number of halogens is 1. The highest BCUT2D eigenvalue weighted by Gasteiger charge is 2.23. The monoisotopic (exact) mass is 256 g/mol. The van der Waals surface area contributed by atoms with Crippen LogP contribution in [0.1, 0.15) is 13.3 Å². The molecule has 0 amide bonds. The molecule has 2 rings (SSSR count). The zero-order valence-electron chi connectivity index (χ0n) is 10.0. The van der Waals surface area contributed by atoms with Gasteiger partial charge in [0, 0.05) is 25.6 Å². The third kappa shape index (κ3) is 2.98. The zero-order chi connectivity index (χ0) is 12.3. The number of rotatable bonds is 4. The lowest BCUT2D eigenvalue weighted by Gasteiger charge is -2.20. The summed E-state index contributed by atoms with van der Waals surface area (Å²) in [6.07, 6.45) is 2.68. The van der Waals surface area contributed by atoms with Gasteiger partial charge in [0.2, 0.25) is 5.95 Å². The Hall–Kier alpha value is -1.07. The van der Waals surface area contributed by atoms with Crippen LogP contribution in [-0.2, 0) is 4.74 Å². The lowest BCUT2D eigenvalue weighted by atomic mass is 10.0. The van der Waals surface area contributed by atoms with Gasteiger partial charge >= 0.3 is 0 Å². The first-order valence-electron chi connectivity index (χ1n) is 5.75. The molecule has 5 nitrogen and oxygen atoms in total. The molecule has 1 saturated heterocycles. The molecule has 0 radical (unpaired) electrons. The minimum absolute atomic E-state index is 0.287. The third-order valence-corrected chi connectivity index (χ3v) is 3.28. The van der Waals surface area contributed by atoms with Gasteiger partial charge in [0.15, 0.2) is 5.82 Å². The van der Waals surface area contributed by atoms with E-state index >= 15 is 0 Å². The maximum Gasteiger partial charge on any atom is 0.224 e. The number of nitrogens with one attached hydrogen (secondary N) is 2.